The van der Waals surface area contributed by atoms with Gasteiger partial charge in [-0.15, -0.1) is 0 Å². The van der Waals surface area contributed by atoms with Gasteiger partial charge in [-0.25, -0.2) is 0 Å². The zero-order valence-corrected chi connectivity index (χ0v) is 12.9. The van der Waals surface area contributed by atoms with Crippen LogP contribution in [0.25, 0.3) is 6.08 Å². The van der Waals surface area contributed by atoms with E-state index in [1.165, 1.54) is 13.0 Å². The van der Waals surface area contributed by atoms with E-state index in [4.69, 9.17) is 10.00 Å². The number of aliphatic hydroxyl groups is 1. The van der Waals surface area contributed by atoms with Crippen molar-refractivity contribution < 1.29 is 24.2 Å². The van der Waals surface area contributed by atoms with E-state index in [1.54, 1.807) is 30.3 Å². The summed E-state index contributed by atoms with van der Waals surface area (Å²) in [7, 11) is 0. The van der Waals surface area contributed by atoms with E-state index in [0.717, 1.165) is 18.2 Å². The van der Waals surface area contributed by atoms with Gasteiger partial charge in [-0.05, 0) is 35.9 Å². The maximum atomic E-state index is 12.3. The molecule has 6 nitrogen and oxygen atoms in total. The van der Waals surface area contributed by atoms with E-state index in [2.05, 4.69) is 0 Å². The first-order valence-electron chi connectivity index (χ1n) is 7.20. The number of carbonyl (C=O) groups is 3. The van der Waals surface area contributed by atoms with Gasteiger partial charge in [0, 0.05) is 13.3 Å². The van der Waals surface area contributed by atoms with E-state index in [9.17, 15) is 19.5 Å². The van der Waals surface area contributed by atoms with Gasteiger partial charge in [0.15, 0.2) is 17.2 Å². The number of ether oxygens (including phenoxy) is 1. The zero-order valence-electron chi connectivity index (χ0n) is 12.9. The first kappa shape index (κ1) is 17.3. The Morgan fingerprint density at radius 1 is 1.38 bits per heavy atom. The Labute approximate surface area is 138 Å². The lowest BCUT2D eigenvalue weighted by atomic mass is 9.77. The van der Waals surface area contributed by atoms with Gasteiger partial charge in [0.05, 0.1) is 12.0 Å². The van der Waals surface area contributed by atoms with Crippen molar-refractivity contribution in [2.75, 3.05) is 0 Å². The molecule has 1 N–H and O–H groups in total. The van der Waals surface area contributed by atoms with Crippen LogP contribution < -0.4 is 4.74 Å². The molecular weight excluding hydrogens is 310 g/mol. The van der Waals surface area contributed by atoms with Gasteiger partial charge in [-0.2, -0.15) is 5.26 Å². The molecule has 2 rings (SSSR count). The van der Waals surface area contributed by atoms with Crippen LogP contribution in [0.1, 0.15) is 18.9 Å². The number of hydrogen-bond acceptors (Lipinski definition) is 6. The van der Waals surface area contributed by atoms with Crippen molar-refractivity contribution in [2.24, 2.45) is 5.92 Å². The lowest BCUT2D eigenvalue weighted by molar-refractivity contribution is -0.133. The quantitative estimate of drug-likeness (QED) is 0.512. The third-order valence-corrected chi connectivity index (χ3v) is 3.58. The number of carbonyl (C=O) groups excluding carboxylic acids is 3. The third kappa shape index (κ3) is 3.83. The highest BCUT2D eigenvalue weighted by molar-refractivity contribution is 6.04. The molecule has 0 amide bonds. The van der Waals surface area contributed by atoms with Gasteiger partial charge in [-0.3, -0.25) is 14.4 Å². The average Bonchev–Trinajstić information content (AvgIpc) is 2.55. The number of esters is 1. The SMILES string of the molecule is CC(=O)Oc1ccc(C=CC(=O)C2(O)C=CC(=O)CC2C#N)cc1. The Morgan fingerprint density at radius 2 is 2.04 bits per heavy atom. The standard InChI is InChI=1S/C18H15NO5/c1-12(20)24-16-5-2-13(3-6-16)4-7-17(22)18(23)9-8-15(21)10-14(18)11-19/h2-9,14,23H,10H2,1H3. The number of ketones is 2. The first-order chi connectivity index (χ1) is 11.3. The Kier molecular flexibility index (Phi) is 5.07. The molecule has 0 fully saturated rings. The van der Waals surface area contributed by atoms with E-state index in [1.807, 2.05) is 0 Å². The fourth-order valence-electron chi connectivity index (χ4n) is 2.28. The van der Waals surface area contributed by atoms with E-state index in [0.29, 0.717) is 11.3 Å². The number of nitrogens with zero attached hydrogens (tertiary/aromatic N) is 1. The van der Waals surface area contributed by atoms with Crippen LogP contribution in [0.2, 0.25) is 0 Å². The van der Waals surface area contributed by atoms with Crippen molar-refractivity contribution in [2.45, 2.75) is 18.9 Å². The molecule has 0 saturated carbocycles. The predicted octanol–water partition coefficient (Wildman–Crippen LogP) is 1.59. The molecule has 1 aliphatic rings. The molecule has 1 aromatic rings. The lowest BCUT2D eigenvalue weighted by Crippen LogP contribution is -2.45. The summed E-state index contributed by atoms with van der Waals surface area (Å²) in [5, 5.41) is 19.5. The fourth-order valence-corrected chi connectivity index (χ4v) is 2.28. The van der Waals surface area contributed by atoms with Gasteiger partial charge >= 0.3 is 5.97 Å². The number of rotatable bonds is 4. The van der Waals surface area contributed by atoms with Crippen LogP contribution in [0.15, 0.2) is 42.5 Å². The van der Waals surface area contributed by atoms with Gasteiger partial charge in [-0.1, -0.05) is 18.2 Å². The maximum Gasteiger partial charge on any atom is 0.308 e. The van der Waals surface area contributed by atoms with Gasteiger partial charge in [0.25, 0.3) is 0 Å². The van der Waals surface area contributed by atoms with Gasteiger partial charge in [0.2, 0.25) is 0 Å². The molecule has 1 aromatic carbocycles. The summed E-state index contributed by atoms with van der Waals surface area (Å²) in [6.07, 6.45) is 4.62. The van der Waals surface area contributed by atoms with E-state index < -0.39 is 23.3 Å². The van der Waals surface area contributed by atoms with Crippen molar-refractivity contribution in [1.82, 2.24) is 0 Å². The second kappa shape index (κ2) is 7.02. The van der Waals surface area contributed by atoms with Crippen LogP contribution in [0, 0.1) is 17.2 Å². The number of nitriles is 1. The van der Waals surface area contributed by atoms with E-state index in [-0.39, 0.29) is 12.2 Å². The topological polar surface area (TPSA) is 104 Å². The molecule has 0 aromatic heterocycles. The van der Waals surface area contributed by atoms with Crippen molar-refractivity contribution >= 4 is 23.6 Å². The molecule has 1 aliphatic carbocycles. The van der Waals surface area contributed by atoms with Crippen LogP contribution in [-0.4, -0.2) is 28.2 Å². The molecule has 6 heteroatoms. The van der Waals surface area contributed by atoms with Crippen LogP contribution in [-0.2, 0) is 14.4 Å². The van der Waals surface area contributed by atoms with Gasteiger partial charge < -0.3 is 9.84 Å². The number of benzene rings is 1. The highest BCUT2D eigenvalue weighted by Gasteiger charge is 2.43. The monoisotopic (exact) mass is 325 g/mol. The summed E-state index contributed by atoms with van der Waals surface area (Å²) in [5.41, 5.74) is -1.36. The van der Waals surface area contributed by atoms with Gasteiger partial charge in [0.1, 0.15) is 5.75 Å². The normalized spacial score (nSPS) is 23.0. The summed E-state index contributed by atoms with van der Waals surface area (Å²) in [6, 6.07) is 8.20. The second-order valence-corrected chi connectivity index (χ2v) is 5.37. The van der Waals surface area contributed by atoms with Crippen LogP contribution in [0.5, 0.6) is 5.75 Å². The second-order valence-electron chi connectivity index (χ2n) is 5.37. The van der Waals surface area contributed by atoms with Crippen LogP contribution in [0.4, 0.5) is 0 Å². The van der Waals surface area contributed by atoms with Crippen molar-refractivity contribution in [3.05, 3.63) is 48.1 Å². The predicted molar refractivity (Wildman–Crippen MR) is 84.6 cm³/mol. The number of hydrogen-bond donors (Lipinski definition) is 1. The molecule has 0 saturated heterocycles. The highest BCUT2D eigenvalue weighted by Crippen LogP contribution is 2.28. The summed E-state index contributed by atoms with van der Waals surface area (Å²) >= 11 is 0. The largest absolute Gasteiger partial charge is 0.427 e. The highest BCUT2D eigenvalue weighted by atomic mass is 16.5. The molecule has 2 atom stereocenters. The summed E-state index contributed by atoms with van der Waals surface area (Å²) in [5.74, 6) is -2.15. The summed E-state index contributed by atoms with van der Waals surface area (Å²) < 4.78 is 4.90. The smallest absolute Gasteiger partial charge is 0.308 e. The molecule has 0 heterocycles. The van der Waals surface area contributed by atoms with Crippen molar-refractivity contribution in [3.8, 4) is 11.8 Å². The van der Waals surface area contributed by atoms with Crippen LogP contribution in [0.3, 0.4) is 0 Å². The molecule has 24 heavy (non-hydrogen) atoms. The minimum Gasteiger partial charge on any atom is -0.427 e. The molecule has 0 radical (unpaired) electrons. The molecule has 0 bridgehead atoms. The summed E-state index contributed by atoms with van der Waals surface area (Å²) in [6.45, 7) is 1.29. The maximum absolute atomic E-state index is 12.3. The van der Waals surface area contributed by atoms with Crippen molar-refractivity contribution in [3.63, 3.8) is 0 Å². The van der Waals surface area contributed by atoms with Crippen molar-refractivity contribution in [1.29, 1.82) is 5.26 Å². The third-order valence-electron chi connectivity index (χ3n) is 3.58. The van der Waals surface area contributed by atoms with E-state index >= 15 is 0 Å². The minimum atomic E-state index is -2.00. The molecule has 0 aliphatic heterocycles. The Balaban J connectivity index is 2.15. The minimum absolute atomic E-state index is 0.194. The Hall–Kier alpha value is -3.04. The Bertz CT molecular complexity index is 770. The molecule has 122 valence electrons. The Morgan fingerprint density at radius 3 is 2.62 bits per heavy atom. The zero-order chi connectivity index (χ0) is 17.7. The molecular formula is C18H15NO5. The molecule has 2 unspecified atom stereocenters. The fraction of sp³-hybridized carbons (Fsp3) is 0.222. The first-order valence-corrected chi connectivity index (χ1v) is 7.20. The lowest BCUT2D eigenvalue weighted by Gasteiger charge is -2.28. The average molecular weight is 325 g/mol. The molecule has 0 spiro atoms. The summed E-state index contributed by atoms with van der Waals surface area (Å²) in [4.78, 5) is 34.4. The van der Waals surface area contributed by atoms with Crippen LogP contribution >= 0.6 is 0 Å². The number of allylic oxidation sites excluding steroid dienone is 1.